The maximum atomic E-state index is 13.4. The molecule has 4 aromatic rings. The summed E-state index contributed by atoms with van der Waals surface area (Å²) in [5.41, 5.74) is 2.30. The zero-order chi connectivity index (χ0) is 20.6. The molecule has 0 radical (unpaired) electrons. The highest BCUT2D eigenvalue weighted by molar-refractivity contribution is 5.92. The second kappa shape index (κ2) is 7.00. The van der Waals surface area contributed by atoms with Gasteiger partial charge < -0.3 is 9.88 Å². The summed E-state index contributed by atoms with van der Waals surface area (Å²) in [6.07, 6.45) is -3.28. The van der Waals surface area contributed by atoms with Crippen molar-refractivity contribution in [2.24, 2.45) is 0 Å². The van der Waals surface area contributed by atoms with Gasteiger partial charge in [0.2, 0.25) is 11.7 Å². The molecule has 8 nitrogen and oxygen atoms in total. The van der Waals surface area contributed by atoms with Crippen LogP contribution in [0.3, 0.4) is 0 Å². The normalized spacial score (nSPS) is 11.7. The zero-order valence-corrected chi connectivity index (χ0v) is 15.1. The predicted molar refractivity (Wildman–Crippen MR) is 97.3 cm³/mol. The van der Waals surface area contributed by atoms with Crippen LogP contribution in [0.1, 0.15) is 11.4 Å². The molecule has 29 heavy (non-hydrogen) atoms. The molecule has 0 saturated carbocycles. The number of rotatable bonds is 4. The molecule has 2 aromatic carbocycles. The SMILES string of the molecule is Cc1ccc(NC(=O)Cn2c(C(F)(F)F)nc3ccccc32)cc1-n1cnnn1. The average molecular weight is 401 g/mol. The quantitative estimate of drug-likeness (QED) is 0.568. The van der Waals surface area contributed by atoms with E-state index in [-0.39, 0.29) is 11.0 Å². The first-order valence-electron chi connectivity index (χ1n) is 8.49. The molecule has 0 atom stereocenters. The summed E-state index contributed by atoms with van der Waals surface area (Å²) in [6, 6.07) is 11.2. The lowest BCUT2D eigenvalue weighted by atomic mass is 10.2. The molecule has 1 N–H and O–H groups in total. The van der Waals surface area contributed by atoms with Crippen LogP contribution in [-0.2, 0) is 17.5 Å². The second-order valence-corrected chi connectivity index (χ2v) is 6.31. The van der Waals surface area contributed by atoms with Crippen LogP contribution in [0.5, 0.6) is 0 Å². The van der Waals surface area contributed by atoms with Crippen molar-refractivity contribution in [2.45, 2.75) is 19.6 Å². The first-order chi connectivity index (χ1) is 13.8. The van der Waals surface area contributed by atoms with Crippen LogP contribution in [0.4, 0.5) is 18.9 Å². The van der Waals surface area contributed by atoms with E-state index in [1.807, 2.05) is 6.92 Å². The first-order valence-corrected chi connectivity index (χ1v) is 8.49. The van der Waals surface area contributed by atoms with E-state index in [4.69, 9.17) is 0 Å². The van der Waals surface area contributed by atoms with Crippen LogP contribution < -0.4 is 5.32 Å². The Labute approximate surface area is 162 Å². The molecule has 0 aliphatic heterocycles. The number of nitrogens with one attached hydrogen (secondary N) is 1. The fourth-order valence-corrected chi connectivity index (χ4v) is 3.00. The highest BCUT2D eigenvalue weighted by Gasteiger charge is 2.38. The molecule has 0 fully saturated rings. The Balaban J connectivity index is 1.62. The maximum Gasteiger partial charge on any atom is 0.449 e. The van der Waals surface area contributed by atoms with Crippen LogP contribution in [0.2, 0.25) is 0 Å². The number of imidazole rings is 1. The van der Waals surface area contributed by atoms with Gasteiger partial charge in [-0.05, 0) is 47.2 Å². The predicted octanol–water partition coefficient (Wildman–Crippen LogP) is 2.98. The van der Waals surface area contributed by atoms with Crippen molar-refractivity contribution in [1.29, 1.82) is 0 Å². The van der Waals surface area contributed by atoms with E-state index in [0.717, 1.165) is 10.1 Å². The lowest BCUT2D eigenvalue weighted by Crippen LogP contribution is -2.23. The number of anilines is 1. The van der Waals surface area contributed by atoms with Crippen molar-refractivity contribution in [1.82, 2.24) is 29.8 Å². The van der Waals surface area contributed by atoms with Crippen molar-refractivity contribution in [3.8, 4) is 5.69 Å². The molecule has 0 saturated heterocycles. The zero-order valence-electron chi connectivity index (χ0n) is 15.1. The molecule has 0 spiro atoms. The van der Waals surface area contributed by atoms with Gasteiger partial charge >= 0.3 is 6.18 Å². The Morgan fingerprint density at radius 2 is 1.97 bits per heavy atom. The Kier molecular flexibility index (Phi) is 4.49. The summed E-state index contributed by atoms with van der Waals surface area (Å²) in [5.74, 6) is -1.74. The summed E-state index contributed by atoms with van der Waals surface area (Å²) in [7, 11) is 0. The highest BCUT2D eigenvalue weighted by Crippen LogP contribution is 2.31. The summed E-state index contributed by atoms with van der Waals surface area (Å²) >= 11 is 0. The van der Waals surface area contributed by atoms with Crippen LogP contribution in [-0.4, -0.2) is 35.7 Å². The number of carbonyl (C=O) groups excluding carboxylic acids is 1. The van der Waals surface area contributed by atoms with Gasteiger partial charge in [0, 0.05) is 5.69 Å². The molecule has 1 amide bonds. The number of hydrogen-bond acceptors (Lipinski definition) is 5. The minimum Gasteiger partial charge on any atom is -0.324 e. The number of aromatic nitrogens is 6. The summed E-state index contributed by atoms with van der Waals surface area (Å²) in [5, 5.41) is 13.6. The molecule has 0 unspecified atom stereocenters. The number of fused-ring (bicyclic) bond motifs is 1. The Morgan fingerprint density at radius 3 is 2.69 bits per heavy atom. The number of tetrazole rings is 1. The van der Waals surface area contributed by atoms with E-state index in [9.17, 15) is 18.0 Å². The van der Waals surface area contributed by atoms with E-state index in [1.165, 1.54) is 23.1 Å². The van der Waals surface area contributed by atoms with Crippen LogP contribution in [0, 0.1) is 6.92 Å². The lowest BCUT2D eigenvalue weighted by Gasteiger charge is -2.13. The van der Waals surface area contributed by atoms with Crippen molar-refractivity contribution in [3.63, 3.8) is 0 Å². The van der Waals surface area contributed by atoms with E-state index >= 15 is 0 Å². The van der Waals surface area contributed by atoms with Crippen LogP contribution in [0.15, 0.2) is 48.8 Å². The number of amides is 1. The van der Waals surface area contributed by atoms with Crippen molar-refractivity contribution < 1.29 is 18.0 Å². The van der Waals surface area contributed by atoms with Gasteiger partial charge in [-0.15, -0.1) is 5.10 Å². The second-order valence-electron chi connectivity index (χ2n) is 6.31. The number of benzene rings is 2. The van der Waals surface area contributed by atoms with Gasteiger partial charge in [0.15, 0.2) is 0 Å². The number of para-hydroxylation sites is 2. The molecule has 2 aromatic heterocycles. The molecule has 11 heteroatoms. The molecule has 148 valence electrons. The van der Waals surface area contributed by atoms with Gasteiger partial charge in [0.1, 0.15) is 12.9 Å². The maximum absolute atomic E-state index is 13.4. The Morgan fingerprint density at radius 1 is 1.17 bits per heavy atom. The highest BCUT2D eigenvalue weighted by atomic mass is 19.4. The van der Waals surface area contributed by atoms with Gasteiger partial charge in [0.25, 0.3) is 0 Å². The number of halogens is 3. The van der Waals surface area contributed by atoms with Gasteiger partial charge in [-0.1, -0.05) is 18.2 Å². The van der Waals surface area contributed by atoms with E-state index < -0.39 is 24.5 Å². The molecular weight excluding hydrogens is 387 g/mol. The standard InChI is InChI=1S/C18H14F3N7O/c1-11-6-7-12(8-15(11)28-10-22-25-26-28)23-16(29)9-27-14-5-3-2-4-13(14)24-17(27)18(19,20)21/h2-8,10H,9H2,1H3,(H,23,29). The van der Waals surface area contributed by atoms with Crippen molar-refractivity contribution in [2.75, 3.05) is 5.32 Å². The fraction of sp³-hybridized carbons (Fsp3) is 0.167. The topological polar surface area (TPSA) is 90.5 Å². The third-order valence-electron chi connectivity index (χ3n) is 4.30. The average Bonchev–Trinajstić information content (AvgIpc) is 3.31. The first kappa shape index (κ1) is 18.6. The fourth-order valence-electron chi connectivity index (χ4n) is 3.00. The summed E-state index contributed by atoms with van der Waals surface area (Å²) < 4.78 is 42.4. The molecule has 2 heterocycles. The molecule has 0 bridgehead atoms. The van der Waals surface area contributed by atoms with Crippen LogP contribution >= 0.6 is 0 Å². The molecule has 4 rings (SSSR count). The smallest absolute Gasteiger partial charge is 0.324 e. The summed E-state index contributed by atoms with van der Waals surface area (Å²) in [6.45, 7) is 1.30. The number of aryl methyl sites for hydroxylation is 1. The van der Waals surface area contributed by atoms with Crippen molar-refractivity contribution in [3.05, 3.63) is 60.2 Å². The van der Waals surface area contributed by atoms with Gasteiger partial charge in [0.05, 0.1) is 16.7 Å². The summed E-state index contributed by atoms with van der Waals surface area (Å²) in [4.78, 5) is 16.1. The molecular formula is C18H14F3N7O. The van der Waals surface area contributed by atoms with E-state index in [2.05, 4.69) is 25.8 Å². The van der Waals surface area contributed by atoms with E-state index in [1.54, 1.807) is 30.3 Å². The molecule has 0 aliphatic carbocycles. The minimum absolute atomic E-state index is 0.170. The monoisotopic (exact) mass is 401 g/mol. The Bertz CT molecular complexity index is 1180. The number of hydrogen-bond donors (Lipinski definition) is 1. The van der Waals surface area contributed by atoms with Gasteiger partial charge in [-0.25, -0.2) is 9.67 Å². The Hall–Kier alpha value is -3.76. The van der Waals surface area contributed by atoms with Crippen LogP contribution in [0.25, 0.3) is 16.7 Å². The van der Waals surface area contributed by atoms with E-state index in [0.29, 0.717) is 11.4 Å². The van der Waals surface area contributed by atoms with Crippen molar-refractivity contribution >= 4 is 22.6 Å². The largest absolute Gasteiger partial charge is 0.449 e. The number of nitrogens with zero attached hydrogens (tertiary/aromatic N) is 6. The van der Waals surface area contributed by atoms with Gasteiger partial charge in [-0.2, -0.15) is 13.2 Å². The lowest BCUT2D eigenvalue weighted by molar-refractivity contribution is -0.147. The third-order valence-corrected chi connectivity index (χ3v) is 4.30. The number of alkyl halides is 3. The minimum atomic E-state index is -4.68. The molecule has 0 aliphatic rings. The third kappa shape index (κ3) is 3.66. The van der Waals surface area contributed by atoms with Gasteiger partial charge in [-0.3, -0.25) is 4.79 Å². The number of carbonyl (C=O) groups is 1.